The fourth-order valence-corrected chi connectivity index (χ4v) is 7.56. The fourth-order valence-electron chi connectivity index (χ4n) is 7.56. The number of nitrogens with zero attached hydrogens (tertiary/aromatic N) is 9. The molecule has 4 saturated heterocycles. The van der Waals surface area contributed by atoms with Crippen LogP contribution in [0, 0.1) is 0 Å². The second-order valence-electron chi connectivity index (χ2n) is 15.6. The number of morpholine rings is 2. The molecule has 16 heteroatoms. The number of carbonyl (C=O) groups excluding carboxylic acids is 1. The van der Waals surface area contributed by atoms with Gasteiger partial charge in [0.15, 0.2) is 11.3 Å². The number of ether oxygens (including phenoxy) is 3. The first-order valence-electron chi connectivity index (χ1n) is 19.2. The van der Waals surface area contributed by atoms with Crippen molar-refractivity contribution in [3.05, 3.63) is 47.0 Å². The first-order valence-corrected chi connectivity index (χ1v) is 19.2. The minimum atomic E-state index is -0.502. The molecule has 8 heterocycles. The number of nitrogens with two attached hydrogens (primary N) is 2. The number of fused-ring (bicyclic) bond motifs is 2. The van der Waals surface area contributed by atoms with Crippen LogP contribution in [-0.4, -0.2) is 134 Å². The number of hydrogen-bond acceptors (Lipinski definition) is 13. The van der Waals surface area contributed by atoms with E-state index in [0.717, 1.165) is 125 Å². The van der Waals surface area contributed by atoms with E-state index < -0.39 is 5.60 Å². The van der Waals surface area contributed by atoms with E-state index in [-0.39, 0.29) is 12.0 Å². The molecule has 0 aliphatic carbocycles. The van der Waals surface area contributed by atoms with Crippen LogP contribution >= 0.6 is 0 Å². The second-order valence-corrected chi connectivity index (χ2v) is 15.6. The molecule has 4 aliphatic rings. The molecule has 8 rings (SSSR count). The van der Waals surface area contributed by atoms with Gasteiger partial charge >= 0.3 is 6.09 Å². The third kappa shape index (κ3) is 9.18. The molecule has 2 atom stereocenters. The van der Waals surface area contributed by atoms with Crippen molar-refractivity contribution in [2.24, 2.45) is 0 Å². The van der Waals surface area contributed by atoms with Gasteiger partial charge < -0.3 is 35.9 Å². The van der Waals surface area contributed by atoms with E-state index in [2.05, 4.69) is 25.3 Å². The molecule has 0 bridgehead atoms. The Morgan fingerprint density at radius 1 is 0.811 bits per heavy atom. The lowest BCUT2D eigenvalue weighted by Crippen LogP contribution is -2.42. The van der Waals surface area contributed by atoms with Crippen molar-refractivity contribution < 1.29 is 19.0 Å². The smallest absolute Gasteiger partial charge is 0.410 e. The standard InChI is InChI=1S/C21H32N6O3.C16H24N6O/c1-21(2,3)30-20(28)26-6-4-5-15(14-26)17-11-18(22)27-19(24-17)16(12-23-27)13-25-7-9-29-10-8-25;17-15-8-14(12-2-1-3-18-9-12)20-16-13(10-19-22(15)16)11-21-4-6-23-7-5-21/h11-12,15H,4-10,13-14,22H2,1-3H3;8,10,12,18H,1-7,9,11,17H2. The Morgan fingerprint density at radius 2 is 1.34 bits per heavy atom. The van der Waals surface area contributed by atoms with Gasteiger partial charge in [0.1, 0.15) is 17.2 Å². The number of piperidine rings is 2. The molecule has 0 aromatic carbocycles. The number of amides is 1. The number of hydrogen-bond donors (Lipinski definition) is 3. The molecule has 288 valence electrons. The molecule has 53 heavy (non-hydrogen) atoms. The zero-order valence-corrected chi connectivity index (χ0v) is 31.5. The highest BCUT2D eigenvalue weighted by atomic mass is 16.6. The number of nitrogen functional groups attached to an aromatic ring is 2. The number of aromatic nitrogens is 6. The van der Waals surface area contributed by atoms with Crippen LogP contribution in [0.3, 0.4) is 0 Å². The van der Waals surface area contributed by atoms with Gasteiger partial charge in [0, 0.05) is 94.0 Å². The average Bonchev–Trinajstić information content (AvgIpc) is 3.77. The Kier molecular flexibility index (Phi) is 11.6. The summed E-state index contributed by atoms with van der Waals surface area (Å²) in [7, 11) is 0. The number of likely N-dealkylation sites (tertiary alicyclic amines) is 1. The van der Waals surface area contributed by atoms with Crippen LogP contribution in [0.15, 0.2) is 24.5 Å². The lowest BCUT2D eigenvalue weighted by Gasteiger charge is -2.34. The Bertz CT molecular complexity index is 1840. The zero-order valence-electron chi connectivity index (χ0n) is 31.5. The van der Waals surface area contributed by atoms with E-state index in [1.54, 1.807) is 13.9 Å². The first kappa shape index (κ1) is 37.2. The van der Waals surface area contributed by atoms with E-state index in [1.807, 2.05) is 45.3 Å². The zero-order chi connectivity index (χ0) is 37.0. The van der Waals surface area contributed by atoms with Gasteiger partial charge in [-0.25, -0.2) is 14.8 Å². The van der Waals surface area contributed by atoms with E-state index in [4.69, 9.17) is 35.6 Å². The normalized spacial score (nSPS) is 22.1. The van der Waals surface area contributed by atoms with Crippen LogP contribution in [-0.2, 0) is 27.3 Å². The van der Waals surface area contributed by atoms with Crippen molar-refractivity contribution in [1.29, 1.82) is 0 Å². The summed E-state index contributed by atoms with van der Waals surface area (Å²) >= 11 is 0. The van der Waals surface area contributed by atoms with Crippen molar-refractivity contribution in [2.75, 3.05) is 90.3 Å². The van der Waals surface area contributed by atoms with Crippen LogP contribution < -0.4 is 16.8 Å². The Hall–Kier alpha value is -4.09. The SMILES string of the molecule is CC(C)(C)OC(=O)N1CCCC(c2cc(N)n3ncc(CN4CCOCC4)c3n2)C1.Nc1cc(C2CCCNC2)nc2c(CN3CCOCC3)cnn12. The van der Waals surface area contributed by atoms with E-state index in [1.165, 1.54) is 12.8 Å². The Labute approximate surface area is 311 Å². The van der Waals surface area contributed by atoms with Crippen molar-refractivity contribution in [3.63, 3.8) is 0 Å². The maximum absolute atomic E-state index is 12.5. The first-order chi connectivity index (χ1) is 25.6. The molecule has 4 aromatic rings. The molecule has 5 N–H and O–H groups in total. The highest BCUT2D eigenvalue weighted by Crippen LogP contribution is 2.30. The Balaban J connectivity index is 0.000000170. The minimum Gasteiger partial charge on any atom is -0.444 e. The molecule has 0 saturated carbocycles. The topological polar surface area (TPSA) is 179 Å². The predicted molar refractivity (Wildman–Crippen MR) is 202 cm³/mol. The van der Waals surface area contributed by atoms with Crippen molar-refractivity contribution >= 4 is 29.0 Å². The highest BCUT2D eigenvalue weighted by molar-refractivity contribution is 5.68. The van der Waals surface area contributed by atoms with Crippen LogP contribution in [0.25, 0.3) is 11.3 Å². The Morgan fingerprint density at radius 3 is 1.85 bits per heavy atom. The average molecular weight is 733 g/mol. The molecular weight excluding hydrogens is 676 g/mol. The molecular formula is C37H56N12O4. The van der Waals surface area contributed by atoms with Crippen molar-refractivity contribution in [3.8, 4) is 0 Å². The summed E-state index contributed by atoms with van der Waals surface area (Å²) in [4.78, 5) is 28.9. The van der Waals surface area contributed by atoms with Gasteiger partial charge in [0.05, 0.1) is 50.2 Å². The monoisotopic (exact) mass is 732 g/mol. The molecule has 0 radical (unpaired) electrons. The van der Waals surface area contributed by atoms with Gasteiger partial charge in [-0.05, 0) is 53.0 Å². The second kappa shape index (κ2) is 16.5. The van der Waals surface area contributed by atoms with Crippen LogP contribution in [0.4, 0.5) is 16.4 Å². The molecule has 4 aromatic heterocycles. The summed E-state index contributed by atoms with van der Waals surface area (Å²) in [6, 6.07) is 3.87. The maximum Gasteiger partial charge on any atom is 0.410 e. The number of carbonyl (C=O) groups is 1. The molecule has 0 spiro atoms. The highest BCUT2D eigenvalue weighted by Gasteiger charge is 2.30. The van der Waals surface area contributed by atoms with Crippen LogP contribution in [0.2, 0.25) is 0 Å². The van der Waals surface area contributed by atoms with Gasteiger partial charge in [0.25, 0.3) is 0 Å². The summed E-state index contributed by atoms with van der Waals surface area (Å²) < 4.78 is 19.9. The van der Waals surface area contributed by atoms with Crippen molar-refractivity contribution in [2.45, 2.75) is 77.0 Å². The van der Waals surface area contributed by atoms with Gasteiger partial charge in [-0.1, -0.05) is 0 Å². The van der Waals surface area contributed by atoms with Crippen LogP contribution in [0.5, 0.6) is 0 Å². The summed E-state index contributed by atoms with van der Waals surface area (Å²) in [5.74, 6) is 1.81. The van der Waals surface area contributed by atoms with E-state index >= 15 is 0 Å². The van der Waals surface area contributed by atoms with E-state index in [9.17, 15) is 4.79 Å². The van der Waals surface area contributed by atoms with Crippen molar-refractivity contribution in [1.82, 2.24) is 49.2 Å². The summed E-state index contributed by atoms with van der Waals surface area (Å²) in [5.41, 5.74) is 17.9. The lowest BCUT2D eigenvalue weighted by atomic mass is 9.94. The number of rotatable bonds is 6. The third-order valence-electron chi connectivity index (χ3n) is 10.4. The maximum atomic E-state index is 12.5. The van der Waals surface area contributed by atoms with Gasteiger partial charge in [-0.15, -0.1) is 0 Å². The molecule has 2 unspecified atom stereocenters. The van der Waals surface area contributed by atoms with Gasteiger partial charge in [0.2, 0.25) is 0 Å². The molecule has 4 fully saturated rings. The quantitative estimate of drug-likeness (QED) is 0.264. The summed E-state index contributed by atoms with van der Waals surface area (Å²) in [5, 5.41) is 12.3. The molecule has 4 aliphatic heterocycles. The van der Waals surface area contributed by atoms with Gasteiger partial charge in [-0.2, -0.15) is 19.2 Å². The fraction of sp³-hybridized carbons (Fsp3) is 0.649. The molecule has 16 nitrogen and oxygen atoms in total. The molecule has 1 amide bonds. The number of anilines is 2. The van der Waals surface area contributed by atoms with E-state index in [0.29, 0.717) is 30.6 Å². The lowest BCUT2D eigenvalue weighted by molar-refractivity contribution is 0.0197. The summed E-state index contributed by atoms with van der Waals surface area (Å²) in [6.45, 7) is 17.5. The summed E-state index contributed by atoms with van der Waals surface area (Å²) in [6.07, 6.45) is 7.73. The van der Waals surface area contributed by atoms with Crippen LogP contribution in [0.1, 0.15) is 80.8 Å². The third-order valence-corrected chi connectivity index (χ3v) is 10.4. The number of nitrogens with one attached hydrogen (secondary N) is 1. The minimum absolute atomic E-state index is 0.129. The van der Waals surface area contributed by atoms with Gasteiger partial charge in [-0.3, -0.25) is 9.80 Å². The largest absolute Gasteiger partial charge is 0.444 e. The predicted octanol–water partition coefficient (Wildman–Crippen LogP) is 2.87.